The van der Waals surface area contributed by atoms with Gasteiger partial charge in [-0.2, -0.15) is 0 Å². The zero-order valence-electron chi connectivity index (χ0n) is 14.4. The fourth-order valence-electron chi connectivity index (χ4n) is 3.08. The molecule has 1 aliphatic heterocycles. The average molecular weight is 403 g/mol. The molecule has 4 nitrogen and oxygen atoms in total. The molecule has 132 valence electrons. The van der Waals surface area contributed by atoms with E-state index >= 15 is 0 Å². The fraction of sp³-hybridized carbons (Fsp3) is 0.300. The number of hydrogen-bond acceptors (Lipinski definition) is 4. The molecular formula is C20H23BrN2O2. The lowest BCUT2D eigenvalue weighted by atomic mass is 9.98. The minimum Gasteiger partial charge on any atom is -0.508 e. The molecule has 1 aliphatic rings. The third-order valence-corrected chi connectivity index (χ3v) is 4.82. The van der Waals surface area contributed by atoms with Gasteiger partial charge < -0.3 is 15.2 Å². The molecule has 0 aliphatic carbocycles. The van der Waals surface area contributed by atoms with Crippen molar-refractivity contribution in [3.63, 3.8) is 0 Å². The lowest BCUT2D eigenvalue weighted by Crippen LogP contribution is -2.46. The number of phenolic OH excluding ortho intramolecular Hbond substituents is 1. The first-order valence-corrected chi connectivity index (χ1v) is 9.27. The summed E-state index contributed by atoms with van der Waals surface area (Å²) in [5.74, 6) is 1.12. The Morgan fingerprint density at radius 2 is 2.04 bits per heavy atom. The van der Waals surface area contributed by atoms with Gasteiger partial charge >= 0.3 is 0 Å². The monoisotopic (exact) mass is 402 g/mol. The highest BCUT2D eigenvalue weighted by Crippen LogP contribution is 2.33. The third kappa shape index (κ3) is 4.17. The largest absolute Gasteiger partial charge is 0.508 e. The molecule has 0 amide bonds. The molecule has 2 aromatic carbocycles. The summed E-state index contributed by atoms with van der Waals surface area (Å²) in [6, 6.07) is 13.5. The van der Waals surface area contributed by atoms with Crippen LogP contribution in [0.1, 0.15) is 36.9 Å². The average Bonchev–Trinajstić information content (AvgIpc) is 2.64. The van der Waals surface area contributed by atoms with E-state index < -0.39 is 0 Å². The molecule has 0 bridgehead atoms. The normalized spacial score (nSPS) is 19.9. The van der Waals surface area contributed by atoms with Gasteiger partial charge in [0, 0.05) is 21.3 Å². The van der Waals surface area contributed by atoms with E-state index in [-0.39, 0.29) is 12.2 Å². The van der Waals surface area contributed by atoms with Gasteiger partial charge in [0.1, 0.15) is 11.5 Å². The molecule has 0 spiro atoms. The second-order valence-corrected chi connectivity index (χ2v) is 7.06. The molecule has 0 aromatic heterocycles. The second kappa shape index (κ2) is 7.93. The Hall–Kier alpha value is -1.98. The number of rotatable bonds is 5. The van der Waals surface area contributed by atoms with Crippen molar-refractivity contribution in [3.8, 4) is 11.5 Å². The van der Waals surface area contributed by atoms with Crippen LogP contribution in [0.4, 0.5) is 0 Å². The van der Waals surface area contributed by atoms with E-state index in [4.69, 9.17) is 4.74 Å². The van der Waals surface area contributed by atoms with Crippen LogP contribution in [-0.4, -0.2) is 18.4 Å². The maximum absolute atomic E-state index is 10.3. The standard InChI is InChI=1S/C20H23BrN2O2/c1-3-5-20-22-17(13-6-4-7-15(10-13)25-2)12-18(23-20)16-11-14(21)8-9-19(16)24/h4,6-12,18,20,22-24H,3,5H2,1-2H3. The topological polar surface area (TPSA) is 53.5 Å². The van der Waals surface area contributed by atoms with E-state index in [9.17, 15) is 5.11 Å². The number of methoxy groups -OCH3 is 1. The van der Waals surface area contributed by atoms with E-state index in [1.54, 1.807) is 13.2 Å². The number of benzene rings is 2. The van der Waals surface area contributed by atoms with Crippen molar-refractivity contribution in [2.75, 3.05) is 7.11 Å². The van der Waals surface area contributed by atoms with Crippen molar-refractivity contribution >= 4 is 21.6 Å². The lowest BCUT2D eigenvalue weighted by Gasteiger charge is -2.33. The summed E-state index contributed by atoms with van der Waals surface area (Å²) < 4.78 is 6.30. The summed E-state index contributed by atoms with van der Waals surface area (Å²) in [6.07, 6.45) is 4.31. The first-order chi connectivity index (χ1) is 12.1. The van der Waals surface area contributed by atoms with Crippen LogP contribution in [0.25, 0.3) is 5.70 Å². The molecule has 0 saturated carbocycles. The van der Waals surface area contributed by atoms with Crippen molar-refractivity contribution in [2.24, 2.45) is 0 Å². The van der Waals surface area contributed by atoms with Gasteiger partial charge in [0.05, 0.1) is 19.3 Å². The minimum atomic E-state index is -0.0727. The summed E-state index contributed by atoms with van der Waals surface area (Å²) >= 11 is 3.50. The van der Waals surface area contributed by atoms with Gasteiger partial charge in [0.2, 0.25) is 0 Å². The summed E-state index contributed by atoms with van der Waals surface area (Å²) in [4.78, 5) is 0. The number of aromatic hydroxyl groups is 1. The zero-order valence-corrected chi connectivity index (χ0v) is 16.0. The summed E-state index contributed by atoms with van der Waals surface area (Å²) in [5, 5.41) is 17.4. The molecule has 2 atom stereocenters. The molecule has 2 unspecified atom stereocenters. The molecule has 1 heterocycles. The van der Waals surface area contributed by atoms with Crippen LogP contribution in [0.15, 0.2) is 53.0 Å². The van der Waals surface area contributed by atoms with Gasteiger partial charge in [0.25, 0.3) is 0 Å². The SMILES string of the molecule is CCCC1NC(c2cccc(OC)c2)=CC(c2cc(Br)ccc2O)N1. The molecule has 0 saturated heterocycles. The van der Waals surface area contributed by atoms with Gasteiger partial charge in [0.15, 0.2) is 0 Å². The minimum absolute atomic E-state index is 0.0727. The lowest BCUT2D eigenvalue weighted by molar-refractivity contribution is 0.390. The molecule has 0 fully saturated rings. The van der Waals surface area contributed by atoms with Gasteiger partial charge in [-0.3, -0.25) is 5.32 Å². The quantitative estimate of drug-likeness (QED) is 0.685. The number of phenols is 1. The van der Waals surface area contributed by atoms with Crippen LogP contribution >= 0.6 is 15.9 Å². The zero-order chi connectivity index (χ0) is 17.8. The number of nitrogens with one attached hydrogen (secondary N) is 2. The fourth-order valence-corrected chi connectivity index (χ4v) is 3.46. The van der Waals surface area contributed by atoms with E-state index in [1.165, 1.54) is 0 Å². The molecular weight excluding hydrogens is 380 g/mol. The van der Waals surface area contributed by atoms with E-state index in [0.29, 0.717) is 5.75 Å². The van der Waals surface area contributed by atoms with Crippen LogP contribution in [0.3, 0.4) is 0 Å². The van der Waals surface area contributed by atoms with Crippen LogP contribution in [-0.2, 0) is 0 Å². The molecule has 3 N–H and O–H groups in total. The predicted molar refractivity (Wildman–Crippen MR) is 104 cm³/mol. The highest BCUT2D eigenvalue weighted by atomic mass is 79.9. The Balaban J connectivity index is 2.00. The van der Waals surface area contributed by atoms with Crippen LogP contribution in [0.5, 0.6) is 11.5 Å². The van der Waals surface area contributed by atoms with Crippen molar-refractivity contribution in [1.82, 2.24) is 10.6 Å². The van der Waals surface area contributed by atoms with E-state index in [1.807, 2.05) is 30.3 Å². The first-order valence-electron chi connectivity index (χ1n) is 8.48. The Kier molecular flexibility index (Phi) is 5.66. The van der Waals surface area contributed by atoms with Crippen LogP contribution < -0.4 is 15.4 Å². The van der Waals surface area contributed by atoms with Gasteiger partial charge in [-0.25, -0.2) is 0 Å². The number of halogens is 1. The van der Waals surface area contributed by atoms with Gasteiger partial charge in [-0.05, 0) is 42.8 Å². The smallest absolute Gasteiger partial charge is 0.120 e. The Morgan fingerprint density at radius 3 is 2.80 bits per heavy atom. The molecule has 2 aromatic rings. The van der Waals surface area contributed by atoms with Crippen LogP contribution in [0, 0.1) is 0 Å². The highest BCUT2D eigenvalue weighted by molar-refractivity contribution is 9.10. The molecule has 3 rings (SSSR count). The summed E-state index contributed by atoms with van der Waals surface area (Å²) in [6.45, 7) is 2.17. The summed E-state index contributed by atoms with van der Waals surface area (Å²) in [5.41, 5.74) is 2.97. The number of hydrogen-bond donors (Lipinski definition) is 3. The first kappa shape index (κ1) is 17.8. The Bertz CT molecular complexity index is 776. The Morgan fingerprint density at radius 1 is 1.20 bits per heavy atom. The van der Waals surface area contributed by atoms with Gasteiger partial charge in [-0.1, -0.05) is 41.4 Å². The number of ether oxygens (including phenoxy) is 1. The second-order valence-electron chi connectivity index (χ2n) is 6.15. The van der Waals surface area contributed by atoms with E-state index in [0.717, 1.165) is 39.9 Å². The van der Waals surface area contributed by atoms with Gasteiger partial charge in [-0.15, -0.1) is 0 Å². The molecule has 25 heavy (non-hydrogen) atoms. The maximum Gasteiger partial charge on any atom is 0.120 e. The van der Waals surface area contributed by atoms with Crippen molar-refractivity contribution in [2.45, 2.75) is 32.0 Å². The Labute approximate surface area is 157 Å². The van der Waals surface area contributed by atoms with Crippen molar-refractivity contribution in [3.05, 3.63) is 64.1 Å². The molecule has 5 heteroatoms. The van der Waals surface area contributed by atoms with Crippen LogP contribution in [0.2, 0.25) is 0 Å². The maximum atomic E-state index is 10.3. The van der Waals surface area contributed by atoms with Crippen molar-refractivity contribution in [1.29, 1.82) is 0 Å². The van der Waals surface area contributed by atoms with Crippen molar-refractivity contribution < 1.29 is 9.84 Å². The predicted octanol–water partition coefficient (Wildman–Crippen LogP) is 4.56. The summed E-state index contributed by atoms with van der Waals surface area (Å²) in [7, 11) is 1.67. The van der Waals surface area contributed by atoms with E-state index in [2.05, 4.69) is 45.6 Å². The third-order valence-electron chi connectivity index (χ3n) is 4.33. The highest BCUT2D eigenvalue weighted by Gasteiger charge is 2.24. The molecule has 0 radical (unpaired) electrons.